The summed E-state index contributed by atoms with van der Waals surface area (Å²) in [5, 5.41) is 4.98. The number of hydrogen-bond donors (Lipinski definition) is 1. The number of hydrogen-bond acceptors (Lipinski definition) is 6. The SMILES string of the molecule is C[C@H]1CNCCN1c1ncnc2cc(B3OC(C)(C)C(C)(C)O3)c(Cl)cc12. The molecular formula is C19H26BClN4O2. The summed E-state index contributed by atoms with van der Waals surface area (Å²) < 4.78 is 12.3. The molecule has 2 fully saturated rings. The predicted octanol–water partition coefficient (Wildman–Crippen LogP) is 2.38. The van der Waals surface area contributed by atoms with Crippen LogP contribution < -0.4 is 15.7 Å². The van der Waals surface area contributed by atoms with Crippen molar-refractivity contribution in [2.75, 3.05) is 24.5 Å². The topological polar surface area (TPSA) is 59.5 Å². The van der Waals surface area contributed by atoms with E-state index in [2.05, 4.69) is 27.1 Å². The zero-order valence-electron chi connectivity index (χ0n) is 16.5. The maximum absolute atomic E-state index is 6.67. The maximum Gasteiger partial charge on any atom is 0.496 e. The van der Waals surface area contributed by atoms with Crippen molar-refractivity contribution in [3.8, 4) is 0 Å². The highest BCUT2D eigenvalue weighted by Gasteiger charge is 2.52. The van der Waals surface area contributed by atoms with Crippen LogP contribution in [0.1, 0.15) is 34.6 Å². The lowest BCUT2D eigenvalue weighted by Crippen LogP contribution is -2.50. The molecule has 1 aromatic carbocycles. The van der Waals surface area contributed by atoms with Crippen LogP contribution >= 0.6 is 11.6 Å². The van der Waals surface area contributed by atoms with E-state index in [1.54, 1.807) is 6.33 Å². The molecule has 0 bridgehead atoms. The van der Waals surface area contributed by atoms with Crippen LogP contribution in [0, 0.1) is 0 Å². The molecule has 0 unspecified atom stereocenters. The summed E-state index contributed by atoms with van der Waals surface area (Å²) in [6.07, 6.45) is 1.62. The van der Waals surface area contributed by atoms with Gasteiger partial charge in [0.25, 0.3) is 0 Å². The van der Waals surface area contributed by atoms with Gasteiger partial charge in [0.05, 0.1) is 16.7 Å². The highest BCUT2D eigenvalue weighted by Crippen LogP contribution is 2.37. The van der Waals surface area contributed by atoms with E-state index in [1.807, 2.05) is 39.8 Å². The van der Waals surface area contributed by atoms with Gasteiger partial charge in [-0.3, -0.25) is 0 Å². The zero-order chi connectivity index (χ0) is 19.4. The Kier molecular flexibility index (Phi) is 4.62. The second-order valence-corrected chi connectivity index (χ2v) is 8.83. The standard InChI is InChI=1S/C19H26BClN4O2/c1-12-10-22-6-7-25(12)17-13-8-15(21)14(9-16(13)23-11-24-17)20-26-18(2,3)19(4,5)27-20/h8-9,11-12,22H,6-7,10H2,1-5H3/t12-/m0/s1. The Morgan fingerprint density at radius 1 is 1.19 bits per heavy atom. The summed E-state index contributed by atoms with van der Waals surface area (Å²) >= 11 is 6.67. The fourth-order valence-electron chi connectivity index (χ4n) is 3.61. The summed E-state index contributed by atoms with van der Waals surface area (Å²) in [5.74, 6) is 0.927. The van der Waals surface area contributed by atoms with E-state index in [1.165, 1.54) is 0 Å². The van der Waals surface area contributed by atoms with Crippen LogP contribution in [0.15, 0.2) is 18.5 Å². The van der Waals surface area contributed by atoms with E-state index >= 15 is 0 Å². The van der Waals surface area contributed by atoms with Crippen LogP contribution in [0.5, 0.6) is 0 Å². The van der Waals surface area contributed by atoms with Gasteiger partial charge in [0.1, 0.15) is 12.1 Å². The molecule has 2 aliphatic heterocycles. The average Bonchev–Trinajstić information content (AvgIpc) is 2.82. The lowest BCUT2D eigenvalue weighted by atomic mass is 9.78. The molecule has 0 aliphatic carbocycles. The molecule has 27 heavy (non-hydrogen) atoms. The molecule has 4 rings (SSSR count). The molecular weight excluding hydrogens is 363 g/mol. The van der Waals surface area contributed by atoms with Crippen LogP contribution in [-0.4, -0.2) is 54.0 Å². The molecule has 0 radical (unpaired) electrons. The van der Waals surface area contributed by atoms with Crippen molar-refractivity contribution in [3.63, 3.8) is 0 Å². The van der Waals surface area contributed by atoms with Crippen LogP contribution in [0.2, 0.25) is 5.02 Å². The summed E-state index contributed by atoms with van der Waals surface area (Å²) in [5.41, 5.74) is 0.826. The molecule has 1 N–H and O–H groups in total. The third kappa shape index (κ3) is 3.20. The second kappa shape index (κ2) is 6.59. The van der Waals surface area contributed by atoms with Crippen molar-refractivity contribution in [2.45, 2.75) is 51.9 Å². The largest absolute Gasteiger partial charge is 0.496 e. The van der Waals surface area contributed by atoms with Crippen molar-refractivity contribution in [1.29, 1.82) is 0 Å². The van der Waals surface area contributed by atoms with Gasteiger partial charge in [0, 0.05) is 41.5 Å². The number of fused-ring (bicyclic) bond motifs is 1. The number of aromatic nitrogens is 2. The molecule has 2 aliphatic rings. The summed E-state index contributed by atoms with van der Waals surface area (Å²) in [4.78, 5) is 11.4. The third-order valence-corrected chi connectivity index (χ3v) is 6.34. The Hall–Kier alpha value is -1.41. The number of nitrogens with one attached hydrogen (secondary N) is 1. The lowest BCUT2D eigenvalue weighted by Gasteiger charge is -2.35. The van der Waals surface area contributed by atoms with Gasteiger partial charge in [0.15, 0.2) is 0 Å². The van der Waals surface area contributed by atoms with Crippen molar-refractivity contribution in [3.05, 3.63) is 23.5 Å². The first kappa shape index (κ1) is 18.9. The minimum absolute atomic E-state index is 0.360. The van der Waals surface area contributed by atoms with Crippen LogP contribution in [0.4, 0.5) is 5.82 Å². The molecule has 1 aromatic heterocycles. The van der Waals surface area contributed by atoms with Gasteiger partial charge < -0.3 is 19.5 Å². The van der Waals surface area contributed by atoms with Gasteiger partial charge in [-0.1, -0.05) is 11.6 Å². The molecule has 8 heteroatoms. The first-order valence-corrected chi connectivity index (χ1v) is 9.84. The van der Waals surface area contributed by atoms with Gasteiger partial charge in [-0.25, -0.2) is 9.97 Å². The van der Waals surface area contributed by atoms with Gasteiger partial charge >= 0.3 is 7.12 Å². The van der Waals surface area contributed by atoms with Gasteiger partial charge in [-0.2, -0.15) is 0 Å². The van der Waals surface area contributed by atoms with E-state index in [-0.39, 0.29) is 0 Å². The van der Waals surface area contributed by atoms with Gasteiger partial charge in [-0.05, 0) is 46.8 Å². The van der Waals surface area contributed by atoms with Crippen molar-refractivity contribution in [2.24, 2.45) is 0 Å². The number of nitrogens with zero attached hydrogens (tertiary/aromatic N) is 3. The molecule has 0 amide bonds. The first-order chi connectivity index (χ1) is 12.7. The monoisotopic (exact) mass is 388 g/mol. The zero-order valence-corrected chi connectivity index (χ0v) is 17.3. The number of piperazine rings is 1. The van der Waals surface area contributed by atoms with E-state index in [4.69, 9.17) is 20.9 Å². The van der Waals surface area contributed by atoms with Crippen molar-refractivity contribution in [1.82, 2.24) is 15.3 Å². The fourth-order valence-corrected chi connectivity index (χ4v) is 3.87. The van der Waals surface area contributed by atoms with E-state index in [0.717, 1.165) is 41.8 Å². The highest BCUT2D eigenvalue weighted by molar-refractivity contribution is 6.66. The molecule has 2 saturated heterocycles. The molecule has 144 valence electrons. The maximum atomic E-state index is 6.67. The number of benzene rings is 1. The van der Waals surface area contributed by atoms with E-state index in [0.29, 0.717) is 11.1 Å². The number of halogens is 1. The third-order valence-electron chi connectivity index (χ3n) is 6.01. The van der Waals surface area contributed by atoms with Crippen LogP contribution in [-0.2, 0) is 9.31 Å². The smallest absolute Gasteiger partial charge is 0.399 e. The second-order valence-electron chi connectivity index (χ2n) is 8.42. The first-order valence-electron chi connectivity index (χ1n) is 9.47. The van der Waals surface area contributed by atoms with Gasteiger partial charge in [0.2, 0.25) is 0 Å². The highest BCUT2D eigenvalue weighted by atomic mass is 35.5. The van der Waals surface area contributed by atoms with Crippen molar-refractivity contribution < 1.29 is 9.31 Å². The quantitative estimate of drug-likeness (QED) is 0.797. The van der Waals surface area contributed by atoms with E-state index < -0.39 is 18.3 Å². The molecule has 6 nitrogen and oxygen atoms in total. The Labute approximate surface area is 165 Å². The fraction of sp³-hybridized carbons (Fsp3) is 0.579. The summed E-state index contributed by atoms with van der Waals surface area (Å²) in [7, 11) is -0.511. The van der Waals surface area contributed by atoms with Gasteiger partial charge in [-0.15, -0.1) is 0 Å². The minimum atomic E-state index is -0.511. The minimum Gasteiger partial charge on any atom is -0.399 e. The average molecular weight is 389 g/mol. The Balaban J connectivity index is 1.75. The summed E-state index contributed by atoms with van der Waals surface area (Å²) in [6.45, 7) is 13.1. The Bertz CT molecular complexity index is 860. The normalized spacial score (nSPS) is 24.6. The molecule has 3 heterocycles. The molecule has 0 saturated carbocycles. The summed E-state index contributed by atoms with van der Waals surface area (Å²) in [6, 6.07) is 4.28. The molecule has 2 aromatic rings. The van der Waals surface area contributed by atoms with Crippen LogP contribution in [0.25, 0.3) is 10.9 Å². The van der Waals surface area contributed by atoms with E-state index in [9.17, 15) is 0 Å². The lowest BCUT2D eigenvalue weighted by molar-refractivity contribution is 0.00578. The number of anilines is 1. The molecule has 1 atom stereocenters. The molecule has 0 spiro atoms. The predicted molar refractivity (Wildman–Crippen MR) is 110 cm³/mol. The van der Waals surface area contributed by atoms with Crippen molar-refractivity contribution >= 4 is 40.9 Å². The number of rotatable bonds is 2. The Morgan fingerprint density at radius 3 is 2.56 bits per heavy atom. The van der Waals surface area contributed by atoms with Crippen LogP contribution in [0.3, 0.4) is 0 Å². The Morgan fingerprint density at radius 2 is 1.89 bits per heavy atom.